The predicted octanol–water partition coefficient (Wildman–Crippen LogP) is 2.67. The molecule has 3 amide bonds. The zero-order valence-electron chi connectivity index (χ0n) is 12.2. The number of likely N-dealkylation sites (N-methyl/N-ethyl adjacent to an activating group) is 1. The number of anilines is 1. The maximum atomic E-state index is 12.6. The van der Waals surface area contributed by atoms with E-state index in [4.69, 9.17) is 11.6 Å². The van der Waals surface area contributed by atoms with E-state index in [1.165, 1.54) is 7.05 Å². The number of fused-ring (bicyclic) bond motifs is 1. The summed E-state index contributed by atoms with van der Waals surface area (Å²) in [6.45, 7) is 0. The standard InChI is InChI=1S/C17H13ClN2O3/c1-20-16(22)13-8-3-2-7-12(13)14(17(20)23)15(21)19-11-6-4-5-10(18)9-11/h2-9,14H,1H3,(H,19,21). The van der Waals surface area contributed by atoms with Gasteiger partial charge in [-0.25, -0.2) is 0 Å². The minimum Gasteiger partial charge on any atom is -0.325 e. The number of nitrogens with zero attached hydrogens (tertiary/aromatic N) is 1. The van der Waals surface area contributed by atoms with Crippen LogP contribution < -0.4 is 5.32 Å². The minimum absolute atomic E-state index is 0.362. The van der Waals surface area contributed by atoms with Gasteiger partial charge in [0.05, 0.1) is 0 Å². The average molecular weight is 329 g/mol. The second-order valence-corrected chi connectivity index (χ2v) is 5.66. The lowest BCUT2D eigenvalue weighted by molar-refractivity contribution is -0.134. The third kappa shape index (κ3) is 2.71. The number of halogens is 1. The molecule has 0 saturated carbocycles. The Morgan fingerprint density at radius 3 is 2.61 bits per heavy atom. The van der Waals surface area contributed by atoms with Crippen molar-refractivity contribution >= 4 is 35.0 Å². The van der Waals surface area contributed by atoms with E-state index < -0.39 is 23.6 Å². The third-order valence-corrected chi connectivity index (χ3v) is 3.97. The molecule has 3 rings (SSSR count). The van der Waals surface area contributed by atoms with E-state index in [-0.39, 0.29) is 0 Å². The number of carbonyl (C=O) groups excluding carboxylic acids is 3. The van der Waals surface area contributed by atoms with E-state index in [9.17, 15) is 14.4 Å². The molecule has 1 N–H and O–H groups in total. The Hall–Kier alpha value is -2.66. The van der Waals surface area contributed by atoms with E-state index in [0.29, 0.717) is 21.8 Å². The lowest BCUT2D eigenvalue weighted by Gasteiger charge is -2.29. The number of hydrogen-bond donors (Lipinski definition) is 1. The lowest BCUT2D eigenvalue weighted by Crippen LogP contribution is -2.46. The summed E-state index contributed by atoms with van der Waals surface area (Å²) in [5.74, 6) is -2.51. The number of hydrogen-bond acceptors (Lipinski definition) is 3. The summed E-state index contributed by atoms with van der Waals surface area (Å²) in [5, 5.41) is 3.15. The zero-order chi connectivity index (χ0) is 16.6. The number of nitrogens with one attached hydrogen (secondary N) is 1. The van der Waals surface area contributed by atoms with Gasteiger partial charge in [0.15, 0.2) is 0 Å². The number of benzene rings is 2. The lowest BCUT2D eigenvalue weighted by atomic mass is 9.88. The largest absolute Gasteiger partial charge is 0.325 e. The molecule has 23 heavy (non-hydrogen) atoms. The Labute approximate surface area is 137 Å². The van der Waals surface area contributed by atoms with Gasteiger partial charge in [0, 0.05) is 23.3 Å². The maximum absolute atomic E-state index is 12.6. The van der Waals surface area contributed by atoms with Crippen LogP contribution in [0.15, 0.2) is 48.5 Å². The first-order valence-corrected chi connectivity index (χ1v) is 7.34. The van der Waals surface area contributed by atoms with Crippen molar-refractivity contribution in [2.45, 2.75) is 5.92 Å². The summed E-state index contributed by atoms with van der Waals surface area (Å²) in [7, 11) is 1.38. The summed E-state index contributed by atoms with van der Waals surface area (Å²) >= 11 is 5.89. The van der Waals surface area contributed by atoms with Crippen molar-refractivity contribution < 1.29 is 14.4 Å². The quantitative estimate of drug-likeness (QED) is 0.681. The zero-order valence-corrected chi connectivity index (χ0v) is 13.0. The Bertz CT molecular complexity index is 819. The molecular formula is C17H13ClN2O3. The second kappa shape index (κ2) is 5.85. The van der Waals surface area contributed by atoms with Crippen molar-refractivity contribution in [3.05, 3.63) is 64.7 Å². The van der Waals surface area contributed by atoms with Crippen molar-refractivity contribution in [3.63, 3.8) is 0 Å². The highest BCUT2D eigenvalue weighted by atomic mass is 35.5. The smallest absolute Gasteiger partial charge is 0.260 e. The Morgan fingerprint density at radius 2 is 1.87 bits per heavy atom. The monoisotopic (exact) mass is 328 g/mol. The average Bonchev–Trinajstić information content (AvgIpc) is 2.53. The maximum Gasteiger partial charge on any atom is 0.260 e. The SMILES string of the molecule is CN1C(=O)c2ccccc2C(C(=O)Nc2cccc(Cl)c2)C1=O. The van der Waals surface area contributed by atoms with Gasteiger partial charge < -0.3 is 5.32 Å². The fourth-order valence-electron chi connectivity index (χ4n) is 2.58. The van der Waals surface area contributed by atoms with Crippen LogP contribution in [0.1, 0.15) is 21.8 Å². The Balaban J connectivity index is 1.97. The van der Waals surface area contributed by atoms with E-state index in [2.05, 4.69) is 5.32 Å². The first-order chi connectivity index (χ1) is 11.0. The molecule has 6 heteroatoms. The van der Waals surface area contributed by atoms with Crippen LogP contribution in [0.5, 0.6) is 0 Å². The normalized spacial score (nSPS) is 17.0. The summed E-state index contributed by atoms with van der Waals surface area (Å²) in [6, 6.07) is 13.3. The van der Waals surface area contributed by atoms with E-state index in [1.54, 1.807) is 48.5 Å². The molecule has 2 aromatic rings. The highest BCUT2D eigenvalue weighted by Crippen LogP contribution is 2.30. The van der Waals surface area contributed by atoms with Crippen LogP contribution in [0.3, 0.4) is 0 Å². The highest BCUT2D eigenvalue weighted by Gasteiger charge is 2.40. The fraction of sp³-hybridized carbons (Fsp3) is 0.118. The van der Waals surface area contributed by atoms with Crippen LogP contribution in [0.4, 0.5) is 5.69 Å². The van der Waals surface area contributed by atoms with Gasteiger partial charge >= 0.3 is 0 Å². The molecule has 1 aliphatic rings. The van der Waals surface area contributed by atoms with Crippen LogP contribution in [0.2, 0.25) is 5.02 Å². The molecule has 1 aliphatic heterocycles. The molecule has 0 fully saturated rings. The molecule has 2 aromatic carbocycles. The van der Waals surface area contributed by atoms with Crippen molar-refractivity contribution in [1.82, 2.24) is 4.90 Å². The van der Waals surface area contributed by atoms with Gasteiger partial charge in [-0.3, -0.25) is 19.3 Å². The Morgan fingerprint density at radius 1 is 1.13 bits per heavy atom. The molecule has 0 radical (unpaired) electrons. The van der Waals surface area contributed by atoms with Crippen LogP contribution in [0, 0.1) is 0 Å². The van der Waals surface area contributed by atoms with Gasteiger partial charge in [-0.2, -0.15) is 0 Å². The number of amides is 3. The van der Waals surface area contributed by atoms with Crippen molar-refractivity contribution in [1.29, 1.82) is 0 Å². The number of carbonyl (C=O) groups is 3. The first kappa shape index (κ1) is 15.2. The Kier molecular flexibility index (Phi) is 3.88. The molecule has 0 saturated heterocycles. The molecular weight excluding hydrogens is 316 g/mol. The molecule has 0 aromatic heterocycles. The molecule has 116 valence electrons. The van der Waals surface area contributed by atoms with Crippen molar-refractivity contribution in [3.8, 4) is 0 Å². The molecule has 5 nitrogen and oxygen atoms in total. The van der Waals surface area contributed by atoms with Gasteiger partial charge in [-0.1, -0.05) is 35.9 Å². The van der Waals surface area contributed by atoms with E-state index in [1.807, 2.05) is 0 Å². The molecule has 1 unspecified atom stereocenters. The van der Waals surface area contributed by atoms with Crippen molar-refractivity contribution in [2.24, 2.45) is 0 Å². The highest BCUT2D eigenvalue weighted by molar-refractivity contribution is 6.31. The van der Waals surface area contributed by atoms with Gasteiger partial charge in [0.1, 0.15) is 5.92 Å². The molecule has 0 bridgehead atoms. The second-order valence-electron chi connectivity index (χ2n) is 5.22. The van der Waals surface area contributed by atoms with E-state index >= 15 is 0 Å². The summed E-state index contributed by atoms with van der Waals surface area (Å²) in [4.78, 5) is 38.1. The molecule has 1 atom stereocenters. The summed E-state index contributed by atoms with van der Waals surface area (Å²) in [5.41, 5.74) is 1.27. The van der Waals surface area contributed by atoms with Gasteiger partial charge in [0.2, 0.25) is 11.8 Å². The van der Waals surface area contributed by atoms with Crippen molar-refractivity contribution in [2.75, 3.05) is 12.4 Å². The van der Waals surface area contributed by atoms with Gasteiger partial charge in [-0.05, 0) is 29.8 Å². The first-order valence-electron chi connectivity index (χ1n) is 6.96. The van der Waals surface area contributed by atoms with Crippen LogP contribution in [-0.4, -0.2) is 29.7 Å². The molecule has 1 heterocycles. The van der Waals surface area contributed by atoms with Crippen LogP contribution >= 0.6 is 11.6 Å². The minimum atomic E-state index is -1.06. The molecule has 0 aliphatic carbocycles. The summed E-state index contributed by atoms with van der Waals surface area (Å²) < 4.78 is 0. The third-order valence-electron chi connectivity index (χ3n) is 3.74. The van der Waals surface area contributed by atoms with E-state index in [0.717, 1.165) is 4.90 Å². The number of imide groups is 1. The number of rotatable bonds is 2. The van der Waals surface area contributed by atoms with Gasteiger partial charge in [0.25, 0.3) is 5.91 Å². The van der Waals surface area contributed by atoms with Gasteiger partial charge in [-0.15, -0.1) is 0 Å². The molecule has 0 spiro atoms. The van der Waals surface area contributed by atoms with Crippen LogP contribution in [-0.2, 0) is 9.59 Å². The fourth-order valence-corrected chi connectivity index (χ4v) is 2.78. The topological polar surface area (TPSA) is 66.5 Å². The summed E-state index contributed by atoms with van der Waals surface area (Å²) in [6.07, 6.45) is 0. The predicted molar refractivity (Wildman–Crippen MR) is 86.4 cm³/mol. The van der Waals surface area contributed by atoms with Crippen LogP contribution in [0.25, 0.3) is 0 Å².